The summed E-state index contributed by atoms with van der Waals surface area (Å²) in [5.74, 6) is 0.520. The minimum absolute atomic E-state index is 0.142. The molecule has 0 saturated heterocycles. The van der Waals surface area contributed by atoms with Gasteiger partial charge in [-0.25, -0.2) is 0 Å². The van der Waals surface area contributed by atoms with Crippen LogP contribution in [0.2, 0.25) is 0 Å². The molecule has 1 heterocycles. The van der Waals surface area contributed by atoms with Crippen LogP contribution in [0.25, 0.3) is 0 Å². The molecule has 1 aromatic carbocycles. The van der Waals surface area contributed by atoms with E-state index in [1.807, 2.05) is 24.3 Å². The summed E-state index contributed by atoms with van der Waals surface area (Å²) in [5.41, 5.74) is 0. The Hall–Kier alpha value is -1.71. The summed E-state index contributed by atoms with van der Waals surface area (Å²) in [4.78, 5) is 11.8. The zero-order valence-corrected chi connectivity index (χ0v) is 11.8. The fourth-order valence-corrected chi connectivity index (χ4v) is 3.21. The van der Waals surface area contributed by atoms with Gasteiger partial charge in [0.15, 0.2) is 11.5 Å². The number of para-hydroxylation sites is 2. The first-order valence-corrected chi connectivity index (χ1v) is 7.27. The highest BCUT2D eigenvalue weighted by molar-refractivity contribution is 5.70. The average Bonchev–Trinajstić information content (AvgIpc) is 2.87. The molecule has 1 aliphatic carbocycles. The van der Waals surface area contributed by atoms with Crippen LogP contribution in [-0.4, -0.2) is 18.9 Å². The molecule has 1 aliphatic heterocycles. The van der Waals surface area contributed by atoms with E-state index >= 15 is 0 Å². The number of ether oxygens (including phenoxy) is 3. The molecule has 3 rings (SSSR count). The maximum absolute atomic E-state index is 11.8. The van der Waals surface area contributed by atoms with Crippen LogP contribution in [0.5, 0.6) is 11.5 Å². The molecule has 0 radical (unpaired) electrons. The van der Waals surface area contributed by atoms with E-state index in [0.717, 1.165) is 37.2 Å². The third kappa shape index (κ3) is 2.35. The number of esters is 1. The Morgan fingerprint density at radius 3 is 2.35 bits per heavy atom. The predicted molar refractivity (Wildman–Crippen MR) is 73.6 cm³/mol. The molecule has 20 heavy (non-hydrogen) atoms. The third-order valence-corrected chi connectivity index (χ3v) is 4.26. The van der Waals surface area contributed by atoms with E-state index in [1.54, 1.807) is 0 Å². The first-order chi connectivity index (χ1) is 9.73. The third-order valence-electron chi connectivity index (χ3n) is 4.26. The Bertz CT molecular complexity index is 466. The second-order valence-corrected chi connectivity index (χ2v) is 5.55. The molecular formula is C16H20O4. The van der Waals surface area contributed by atoms with Gasteiger partial charge in [0.2, 0.25) is 0 Å². The number of fused-ring (bicyclic) bond motifs is 1. The fraction of sp³-hybridized carbons (Fsp3) is 0.562. The van der Waals surface area contributed by atoms with E-state index in [2.05, 4.69) is 0 Å². The van der Waals surface area contributed by atoms with Gasteiger partial charge >= 0.3 is 5.97 Å². The van der Waals surface area contributed by atoms with Gasteiger partial charge in [-0.05, 0) is 25.0 Å². The van der Waals surface area contributed by atoms with Gasteiger partial charge < -0.3 is 14.2 Å². The van der Waals surface area contributed by atoms with Crippen LogP contribution < -0.4 is 9.47 Å². The lowest BCUT2D eigenvalue weighted by atomic mass is 9.81. The number of rotatable bonds is 3. The molecule has 0 N–H and O–H groups in total. The van der Waals surface area contributed by atoms with Crippen LogP contribution in [0.15, 0.2) is 24.3 Å². The molecule has 1 aromatic rings. The Labute approximate surface area is 119 Å². The van der Waals surface area contributed by atoms with Crippen LogP contribution >= 0.6 is 0 Å². The van der Waals surface area contributed by atoms with Crippen molar-refractivity contribution in [3.05, 3.63) is 24.3 Å². The van der Waals surface area contributed by atoms with E-state index in [4.69, 9.17) is 14.2 Å². The lowest BCUT2D eigenvalue weighted by Gasteiger charge is -2.36. The van der Waals surface area contributed by atoms with Crippen LogP contribution in [0, 0.1) is 5.92 Å². The molecule has 0 aromatic heterocycles. The highest BCUT2D eigenvalue weighted by Gasteiger charge is 2.50. The number of hydrogen-bond donors (Lipinski definition) is 0. The van der Waals surface area contributed by atoms with Crippen LogP contribution in [0.1, 0.15) is 38.5 Å². The minimum Gasteiger partial charge on any atom is -0.469 e. The van der Waals surface area contributed by atoms with Crippen molar-refractivity contribution in [1.29, 1.82) is 0 Å². The van der Waals surface area contributed by atoms with Gasteiger partial charge in [-0.3, -0.25) is 4.79 Å². The molecule has 0 amide bonds. The Balaban J connectivity index is 1.87. The molecule has 4 nitrogen and oxygen atoms in total. The average molecular weight is 276 g/mol. The topological polar surface area (TPSA) is 44.8 Å². The Kier molecular flexibility index (Phi) is 3.55. The van der Waals surface area contributed by atoms with Crippen molar-refractivity contribution >= 4 is 5.97 Å². The Morgan fingerprint density at radius 1 is 1.20 bits per heavy atom. The van der Waals surface area contributed by atoms with Gasteiger partial charge in [-0.2, -0.15) is 0 Å². The van der Waals surface area contributed by atoms with Crippen molar-refractivity contribution in [1.82, 2.24) is 0 Å². The van der Waals surface area contributed by atoms with Crippen molar-refractivity contribution in [2.45, 2.75) is 44.3 Å². The van der Waals surface area contributed by atoms with Gasteiger partial charge in [0.1, 0.15) is 6.42 Å². The summed E-state index contributed by atoms with van der Waals surface area (Å²) in [5, 5.41) is 0. The monoisotopic (exact) mass is 276 g/mol. The molecule has 1 saturated carbocycles. The van der Waals surface area contributed by atoms with Crippen LogP contribution in [0.4, 0.5) is 0 Å². The molecule has 0 spiro atoms. The number of methoxy groups -OCH3 is 1. The minimum atomic E-state index is -0.878. The second-order valence-electron chi connectivity index (χ2n) is 5.55. The van der Waals surface area contributed by atoms with Crippen molar-refractivity contribution < 1.29 is 19.0 Å². The van der Waals surface area contributed by atoms with Crippen molar-refractivity contribution in [3.8, 4) is 11.5 Å². The summed E-state index contributed by atoms with van der Waals surface area (Å²) in [7, 11) is 1.40. The molecule has 4 heteroatoms. The first-order valence-electron chi connectivity index (χ1n) is 7.27. The number of carbonyl (C=O) groups excluding carboxylic acids is 1. The van der Waals surface area contributed by atoms with Crippen molar-refractivity contribution in [2.24, 2.45) is 5.92 Å². The second kappa shape index (κ2) is 5.35. The van der Waals surface area contributed by atoms with E-state index in [-0.39, 0.29) is 18.3 Å². The maximum atomic E-state index is 11.8. The zero-order valence-electron chi connectivity index (χ0n) is 11.8. The van der Waals surface area contributed by atoms with E-state index in [1.165, 1.54) is 13.5 Å². The van der Waals surface area contributed by atoms with Gasteiger partial charge in [0, 0.05) is 5.92 Å². The maximum Gasteiger partial charge on any atom is 0.313 e. The molecule has 0 atom stereocenters. The highest BCUT2D eigenvalue weighted by atomic mass is 16.7. The molecule has 0 bridgehead atoms. The normalized spacial score (nSPS) is 20.6. The van der Waals surface area contributed by atoms with Gasteiger partial charge in [0.05, 0.1) is 7.11 Å². The van der Waals surface area contributed by atoms with E-state index in [9.17, 15) is 4.79 Å². The highest BCUT2D eigenvalue weighted by Crippen LogP contribution is 2.47. The van der Waals surface area contributed by atoms with Crippen LogP contribution in [-0.2, 0) is 9.53 Å². The van der Waals surface area contributed by atoms with Crippen molar-refractivity contribution in [2.75, 3.05) is 7.11 Å². The Morgan fingerprint density at radius 2 is 1.80 bits per heavy atom. The number of benzene rings is 1. The quantitative estimate of drug-likeness (QED) is 0.795. The fourth-order valence-electron chi connectivity index (χ4n) is 3.21. The largest absolute Gasteiger partial charge is 0.469 e. The van der Waals surface area contributed by atoms with Crippen LogP contribution in [0.3, 0.4) is 0 Å². The zero-order chi connectivity index (χ0) is 14.0. The van der Waals surface area contributed by atoms with Crippen molar-refractivity contribution in [3.63, 3.8) is 0 Å². The first kappa shape index (κ1) is 13.3. The van der Waals surface area contributed by atoms with Gasteiger partial charge in [0.25, 0.3) is 5.79 Å². The summed E-state index contributed by atoms with van der Waals surface area (Å²) >= 11 is 0. The van der Waals surface area contributed by atoms with Gasteiger partial charge in [-0.15, -0.1) is 0 Å². The number of hydrogen-bond acceptors (Lipinski definition) is 4. The molecule has 0 unspecified atom stereocenters. The summed E-state index contributed by atoms with van der Waals surface area (Å²) < 4.78 is 17.0. The number of carbonyl (C=O) groups is 1. The SMILES string of the molecule is COC(=O)CC1(C2CCCCC2)Oc2ccccc2O1. The molecular weight excluding hydrogens is 256 g/mol. The van der Waals surface area contributed by atoms with E-state index in [0.29, 0.717) is 0 Å². The van der Waals surface area contributed by atoms with E-state index < -0.39 is 5.79 Å². The van der Waals surface area contributed by atoms with Gasteiger partial charge in [-0.1, -0.05) is 31.4 Å². The lowest BCUT2D eigenvalue weighted by Crippen LogP contribution is -2.49. The predicted octanol–water partition coefficient (Wildman–Crippen LogP) is 3.30. The smallest absolute Gasteiger partial charge is 0.313 e. The standard InChI is InChI=1S/C16H20O4/c1-18-15(17)11-16(12-7-3-2-4-8-12)19-13-9-5-6-10-14(13)20-16/h5-6,9-10,12H,2-4,7-8,11H2,1H3. The summed E-state index contributed by atoms with van der Waals surface area (Å²) in [6.45, 7) is 0. The molecule has 2 aliphatic rings. The lowest BCUT2D eigenvalue weighted by molar-refractivity contribution is -0.170. The summed E-state index contributed by atoms with van der Waals surface area (Å²) in [6, 6.07) is 7.60. The molecule has 108 valence electrons. The summed E-state index contributed by atoms with van der Waals surface area (Å²) in [6.07, 6.45) is 5.78. The molecule has 1 fully saturated rings.